The zero-order chi connectivity index (χ0) is 17.6. The number of phenols is 1. The van der Waals surface area contributed by atoms with Crippen LogP contribution in [0.25, 0.3) is 10.9 Å². The van der Waals surface area contributed by atoms with Crippen LogP contribution in [0, 0.1) is 6.92 Å². The Hall–Kier alpha value is -2.75. The van der Waals surface area contributed by atoms with E-state index in [-0.39, 0.29) is 5.75 Å². The van der Waals surface area contributed by atoms with E-state index in [0.29, 0.717) is 19.0 Å². The van der Waals surface area contributed by atoms with E-state index in [2.05, 4.69) is 6.92 Å². The van der Waals surface area contributed by atoms with E-state index in [1.165, 1.54) is 0 Å². The van der Waals surface area contributed by atoms with Gasteiger partial charge in [0.1, 0.15) is 23.9 Å². The summed E-state index contributed by atoms with van der Waals surface area (Å²) in [6, 6.07) is 14.8. The van der Waals surface area contributed by atoms with Gasteiger partial charge in [0.15, 0.2) is 0 Å². The molecule has 130 valence electrons. The van der Waals surface area contributed by atoms with Gasteiger partial charge in [-0.1, -0.05) is 31.5 Å². The Balaban J connectivity index is 1.90. The molecule has 4 heteroatoms. The Morgan fingerprint density at radius 1 is 1.04 bits per heavy atom. The lowest BCUT2D eigenvalue weighted by molar-refractivity contribution is 0.292. The van der Waals surface area contributed by atoms with Crippen molar-refractivity contribution in [3.05, 3.63) is 59.8 Å². The Labute approximate surface area is 148 Å². The smallest absolute Gasteiger partial charge is 0.133 e. The van der Waals surface area contributed by atoms with E-state index in [0.717, 1.165) is 40.8 Å². The number of unbranched alkanes of at least 4 members (excludes halogenated alkanes) is 1. The molecule has 0 spiro atoms. The molecule has 0 saturated heterocycles. The Morgan fingerprint density at radius 3 is 2.68 bits per heavy atom. The Kier molecular flexibility index (Phi) is 5.39. The van der Waals surface area contributed by atoms with Crippen LogP contribution in [0.15, 0.2) is 48.5 Å². The third-order valence-corrected chi connectivity index (χ3v) is 4.12. The van der Waals surface area contributed by atoms with Crippen LogP contribution in [0.1, 0.15) is 31.0 Å². The first-order valence-corrected chi connectivity index (χ1v) is 8.62. The minimum atomic E-state index is 0.185. The van der Waals surface area contributed by atoms with Crippen LogP contribution in [0.5, 0.6) is 17.2 Å². The second-order valence-electron chi connectivity index (χ2n) is 6.02. The lowest BCUT2D eigenvalue weighted by Crippen LogP contribution is -2.06. The van der Waals surface area contributed by atoms with Crippen LogP contribution >= 0.6 is 0 Å². The summed E-state index contributed by atoms with van der Waals surface area (Å²) < 4.78 is 11.9. The highest BCUT2D eigenvalue weighted by Gasteiger charge is 2.13. The number of aromatic hydroxyl groups is 1. The molecule has 4 nitrogen and oxygen atoms in total. The number of hydrogen-bond donors (Lipinski definition) is 1. The molecule has 0 bridgehead atoms. The second kappa shape index (κ2) is 7.88. The third-order valence-electron chi connectivity index (χ3n) is 4.12. The molecule has 0 aliphatic heterocycles. The Morgan fingerprint density at radius 2 is 1.88 bits per heavy atom. The highest BCUT2D eigenvalue weighted by molar-refractivity contribution is 5.86. The highest BCUT2D eigenvalue weighted by atomic mass is 16.5. The number of pyridine rings is 1. The van der Waals surface area contributed by atoms with Gasteiger partial charge in [0.25, 0.3) is 0 Å². The fraction of sp³-hybridized carbons (Fsp3) is 0.286. The number of phenolic OH excluding ortho intramolecular Hbond substituents is 1. The minimum Gasteiger partial charge on any atom is -0.508 e. The van der Waals surface area contributed by atoms with E-state index in [9.17, 15) is 5.11 Å². The van der Waals surface area contributed by atoms with Gasteiger partial charge in [-0.15, -0.1) is 0 Å². The van der Waals surface area contributed by atoms with Crippen molar-refractivity contribution in [3.63, 3.8) is 0 Å². The highest BCUT2D eigenvalue weighted by Crippen LogP contribution is 2.31. The van der Waals surface area contributed by atoms with Crippen molar-refractivity contribution in [2.45, 2.75) is 33.3 Å². The van der Waals surface area contributed by atoms with Crippen LogP contribution in [0.4, 0.5) is 0 Å². The summed E-state index contributed by atoms with van der Waals surface area (Å²) in [5.41, 5.74) is 2.73. The molecule has 0 radical (unpaired) electrons. The summed E-state index contributed by atoms with van der Waals surface area (Å²) in [6.07, 6.45) is 2.11. The lowest BCUT2D eigenvalue weighted by Gasteiger charge is -2.16. The first-order chi connectivity index (χ1) is 12.2. The monoisotopic (exact) mass is 337 g/mol. The van der Waals surface area contributed by atoms with Crippen molar-refractivity contribution >= 4 is 10.9 Å². The summed E-state index contributed by atoms with van der Waals surface area (Å²) in [4.78, 5) is 4.73. The van der Waals surface area contributed by atoms with E-state index in [1.54, 1.807) is 18.2 Å². The zero-order valence-electron chi connectivity index (χ0n) is 14.7. The molecule has 0 aliphatic rings. The minimum absolute atomic E-state index is 0.185. The molecule has 0 aliphatic carbocycles. The van der Waals surface area contributed by atoms with Gasteiger partial charge in [-0.2, -0.15) is 0 Å². The largest absolute Gasteiger partial charge is 0.508 e. The number of ether oxygens (including phenoxy) is 2. The molecule has 0 fully saturated rings. The van der Waals surface area contributed by atoms with Gasteiger partial charge in [-0.05, 0) is 37.6 Å². The fourth-order valence-electron chi connectivity index (χ4n) is 2.70. The SMILES string of the molecule is CCCCOc1c(C)c(COc2cccc(O)c2)nc2ccccc12. The van der Waals surface area contributed by atoms with Crippen molar-refractivity contribution in [2.24, 2.45) is 0 Å². The first-order valence-electron chi connectivity index (χ1n) is 8.62. The molecule has 25 heavy (non-hydrogen) atoms. The molecule has 3 aromatic rings. The number of nitrogens with zero attached hydrogens (tertiary/aromatic N) is 1. The van der Waals surface area contributed by atoms with Crippen LogP contribution in [0.3, 0.4) is 0 Å². The molecular weight excluding hydrogens is 314 g/mol. The second-order valence-corrected chi connectivity index (χ2v) is 6.02. The fourth-order valence-corrected chi connectivity index (χ4v) is 2.70. The van der Waals surface area contributed by atoms with E-state index >= 15 is 0 Å². The van der Waals surface area contributed by atoms with Crippen molar-refractivity contribution in [3.8, 4) is 17.2 Å². The van der Waals surface area contributed by atoms with Gasteiger partial charge in [-0.3, -0.25) is 0 Å². The third kappa shape index (κ3) is 4.02. The molecule has 1 heterocycles. The van der Waals surface area contributed by atoms with Gasteiger partial charge >= 0.3 is 0 Å². The van der Waals surface area contributed by atoms with Gasteiger partial charge in [-0.25, -0.2) is 4.98 Å². The average Bonchev–Trinajstić information content (AvgIpc) is 2.62. The maximum atomic E-state index is 9.56. The maximum absolute atomic E-state index is 9.56. The van der Waals surface area contributed by atoms with Gasteiger partial charge in [0, 0.05) is 17.0 Å². The first kappa shape index (κ1) is 17.1. The predicted octanol–water partition coefficient (Wildman–Crippen LogP) is 5.01. The summed E-state index contributed by atoms with van der Waals surface area (Å²) in [5.74, 6) is 1.68. The summed E-state index contributed by atoms with van der Waals surface area (Å²) >= 11 is 0. The van der Waals surface area contributed by atoms with Gasteiger partial charge in [0.05, 0.1) is 17.8 Å². The van der Waals surface area contributed by atoms with E-state index in [4.69, 9.17) is 14.5 Å². The lowest BCUT2D eigenvalue weighted by atomic mass is 10.1. The molecule has 0 atom stereocenters. The molecule has 3 rings (SSSR count). The van der Waals surface area contributed by atoms with Crippen molar-refractivity contribution in [1.82, 2.24) is 4.98 Å². The topological polar surface area (TPSA) is 51.6 Å². The van der Waals surface area contributed by atoms with Crippen molar-refractivity contribution in [2.75, 3.05) is 6.61 Å². The number of aromatic nitrogens is 1. The summed E-state index contributed by atoms with van der Waals surface area (Å²) in [6.45, 7) is 5.18. The van der Waals surface area contributed by atoms with Crippen molar-refractivity contribution < 1.29 is 14.6 Å². The normalized spacial score (nSPS) is 10.8. The number of para-hydroxylation sites is 1. The Bertz CT molecular complexity index is 861. The van der Waals surface area contributed by atoms with Gasteiger partial charge < -0.3 is 14.6 Å². The van der Waals surface area contributed by atoms with Crippen molar-refractivity contribution in [1.29, 1.82) is 0 Å². The predicted molar refractivity (Wildman–Crippen MR) is 99.3 cm³/mol. The molecule has 0 saturated carbocycles. The number of fused-ring (bicyclic) bond motifs is 1. The van der Waals surface area contributed by atoms with Crippen LogP contribution in [0.2, 0.25) is 0 Å². The number of rotatable bonds is 7. The standard InChI is InChI=1S/C21H23NO3/c1-3-4-12-24-21-15(2)20(22-19-11-6-5-10-18(19)21)14-25-17-9-7-8-16(23)13-17/h5-11,13,23H,3-4,12,14H2,1-2H3. The molecule has 0 unspecified atom stereocenters. The molecule has 0 amide bonds. The maximum Gasteiger partial charge on any atom is 0.133 e. The van der Waals surface area contributed by atoms with Crippen LogP contribution in [-0.4, -0.2) is 16.7 Å². The average molecular weight is 337 g/mol. The number of benzene rings is 2. The zero-order valence-corrected chi connectivity index (χ0v) is 14.7. The number of hydrogen-bond acceptors (Lipinski definition) is 4. The summed E-state index contributed by atoms with van der Waals surface area (Å²) in [7, 11) is 0. The molecular formula is C21H23NO3. The molecule has 2 aromatic carbocycles. The van der Waals surface area contributed by atoms with Crippen LogP contribution < -0.4 is 9.47 Å². The van der Waals surface area contributed by atoms with E-state index in [1.807, 2.05) is 37.3 Å². The van der Waals surface area contributed by atoms with Crippen LogP contribution in [-0.2, 0) is 6.61 Å². The quantitative estimate of drug-likeness (QED) is 0.616. The van der Waals surface area contributed by atoms with E-state index < -0.39 is 0 Å². The summed E-state index contributed by atoms with van der Waals surface area (Å²) in [5, 5.41) is 10.6. The molecule has 1 aromatic heterocycles. The van der Waals surface area contributed by atoms with Gasteiger partial charge in [0.2, 0.25) is 0 Å². The molecule has 1 N–H and O–H groups in total.